The summed E-state index contributed by atoms with van der Waals surface area (Å²) in [5.41, 5.74) is -0.271. The first-order valence-electron chi connectivity index (χ1n) is 11.3. The van der Waals surface area contributed by atoms with Crippen LogP contribution in [0.2, 0.25) is 0 Å². The van der Waals surface area contributed by atoms with Gasteiger partial charge in [0, 0.05) is 0 Å². The Morgan fingerprint density at radius 1 is 0.583 bits per heavy atom. The molecule has 0 unspecified atom stereocenters. The van der Waals surface area contributed by atoms with Gasteiger partial charge in [-0.25, -0.2) is 0 Å². The zero-order valence-corrected chi connectivity index (χ0v) is 23.4. The number of nitrogens with zero attached hydrogens (tertiary/aromatic N) is 5. The van der Waals surface area contributed by atoms with Gasteiger partial charge in [0.2, 0.25) is 0 Å². The van der Waals surface area contributed by atoms with Crippen molar-refractivity contribution in [2.75, 3.05) is 0 Å². The zero-order valence-electron chi connectivity index (χ0n) is 21.2. The summed E-state index contributed by atoms with van der Waals surface area (Å²) < 4.78 is 2.16. The van der Waals surface area contributed by atoms with Gasteiger partial charge in [0.1, 0.15) is 0 Å². The van der Waals surface area contributed by atoms with E-state index in [-0.39, 0.29) is 27.5 Å². The van der Waals surface area contributed by atoms with Gasteiger partial charge in [-0.2, -0.15) is 0 Å². The first kappa shape index (κ1) is 26.7. The van der Waals surface area contributed by atoms with Gasteiger partial charge in [0.15, 0.2) is 0 Å². The predicted octanol–water partition coefficient (Wildman–Crippen LogP) is 7.00. The van der Waals surface area contributed by atoms with Crippen molar-refractivity contribution in [1.29, 1.82) is 26.3 Å². The molecule has 0 heterocycles. The molecule has 0 saturated carbocycles. The Hall–Kier alpha value is -3.90. The molecular formula is C30H26IN5. The van der Waals surface area contributed by atoms with Crippen molar-refractivity contribution in [1.82, 2.24) is 0 Å². The third-order valence-corrected chi connectivity index (χ3v) is 12.5. The maximum atomic E-state index is 10.3. The van der Waals surface area contributed by atoms with Crippen molar-refractivity contribution in [3.63, 3.8) is 0 Å². The van der Waals surface area contributed by atoms with Crippen molar-refractivity contribution in [2.45, 2.75) is 52.4 Å². The number of nitriles is 5. The number of hydrogen-bond acceptors (Lipinski definition) is 5. The topological polar surface area (TPSA) is 119 Å². The molecule has 0 saturated heterocycles. The minimum atomic E-state index is -2.87. The van der Waals surface area contributed by atoms with E-state index in [1.54, 1.807) is 0 Å². The second-order valence-electron chi connectivity index (χ2n) is 10.5. The van der Waals surface area contributed by atoms with Crippen molar-refractivity contribution < 1.29 is 0 Å². The molecule has 0 aliphatic heterocycles. The van der Waals surface area contributed by atoms with Gasteiger partial charge in [-0.1, -0.05) is 0 Å². The van der Waals surface area contributed by atoms with Crippen LogP contribution in [0.4, 0.5) is 0 Å². The Bertz CT molecular complexity index is 1400. The molecule has 1 aliphatic rings. The van der Waals surface area contributed by atoms with Gasteiger partial charge >= 0.3 is 221 Å². The van der Waals surface area contributed by atoms with Crippen LogP contribution >= 0.6 is 19.8 Å². The van der Waals surface area contributed by atoms with E-state index < -0.39 is 25.2 Å². The average molecular weight is 583 g/mol. The van der Waals surface area contributed by atoms with Crippen LogP contribution in [0.1, 0.15) is 52.7 Å². The standard InChI is InChI=1S/C30H26IN5/c1-28(2,3)20-7-11-22(12-8-20)31(23-13-9-21(10-14-23)29(4,5)6)27-25(16-33)24(15-32)26(17-34)30(27,18-35)19-36/h7-14H,1-6H3. The Kier molecular flexibility index (Phi) is 7.14. The molecule has 0 spiro atoms. The van der Waals surface area contributed by atoms with Crippen LogP contribution in [0, 0.1) is 69.2 Å². The fourth-order valence-corrected chi connectivity index (χ4v) is 10.4. The number of halogens is 1. The van der Waals surface area contributed by atoms with Crippen molar-refractivity contribution in [3.8, 4) is 30.3 Å². The molecule has 5 nitrogen and oxygen atoms in total. The third kappa shape index (κ3) is 4.40. The van der Waals surface area contributed by atoms with Crippen molar-refractivity contribution in [2.24, 2.45) is 5.41 Å². The third-order valence-electron chi connectivity index (χ3n) is 6.14. The van der Waals surface area contributed by atoms with Gasteiger partial charge in [-0.3, -0.25) is 0 Å². The molecule has 0 amide bonds. The van der Waals surface area contributed by atoms with Gasteiger partial charge < -0.3 is 0 Å². The molecule has 1 aliphatic carbocycles. The van der Waals surface area contributed by atoms with Gasteiger partial charge in [0.05, 0.1) is 0 Å². The number of benzene rings is 2. The Labute approximate surface area is 220 Å². The van der Waals surface area contributed by atoms with Crippen LogP contribution in [0.5, 0.6) is 0 Å². The molecular weight excluding hydrogens is 557 g/mol. The van der Waals surface area contributed by atoms with E-state index in [9.17, 15) is 26.3 Å². The maximum absolute atomic E-state index is 10.3. The Balaban J connectivity index is 2.40. The quantitative estimate of drug-likeness (QED) is 0.361. The molecule has 6 heteroatoms. The summed E-state index contributed by atoms with van der Waals surface area (Å²) in [6, 6.07) is 26.1. The van der Waals surface area contributed by atoms with E-state index in [4.69, 9.17) is 0 Å². The normalized spacial score (nSPS) is 15.3. The number of rotatable bonds is 3. The predicted molar refractivity (Wildman–Crippen MR) is 146 cm³/mol. The summed E-state index contributed by atoms with van der Waals surface area (Å²) in [5, 5.41) is 50.4. The van der Waals surface area contributed by atoms with Crippen LogP contribution in [-0.2, 0) is 10.8 Å². The summed E-state index contributed by atoms with van der Waals surface area (Å²) >= 11 is -2.87. The molecule has 0 bridgehead atoms. The van der Waals surface area contributed by atoms with E-state index in [2.05, 4.69) is 47.6 Å². The van der Waals surface area contributed by atoms with E-state index >= 15 is 0 Å². The zero-order chi connectivity index (χ0) is 26.9. The molecule has 0 fully saturated rings. The van der Waals surface area contributed by atoms with E-state index in [0.29, 0.717) is 3.58 Å². The molecule has 3 rings (SSSR count). The Morgan fingerprint density at radius 2 is 0.972 bits per heavy atom. The number of hydrogen-bond donors (Lipinski definition) is 0. The van der Waals surface area contributed by atoms with Crippen molar-refractivity contribution in [3.05, 3.63) is 87.1 Å². The summed E-state index contributed by atoms with van der Waals surface area (Å²) in [6.07, 6.45) is 0. The first-order valence-corrected chi connectivity index (χ1v) is 14.6. The fourth-order valence-electron chi connectivity index (χ4n) is 4.04. The van der Waals surface area contributed by atoms with E-state index in [0.717, 1.165) is 18.3 Å². The van der Waals surface area contributed by atoms with Crippen LogP contribution in [0.15, 0.2) is 68.8 Å². The van der Waals surface area contributed by atoms with Crippen LogP contribution in [0.25, 0.3) is 0 Å². The molecule has 2 aromatic rings. The van der Waals surface area contributed by atoms with Crippen molar-refractivity contribution >= 4 is 19.8 Å². The van der Waals surface area contributed by atoms with E-state index in [1.165, 1.54) is 0 Å². The molecule has 0 N–H and O–H groups in total. The monoisotopic (exact) mass is 583 g/mol. The summed E-state index contributed by atoms with van der Waals surface area (Å²) in [6.45, 7) is 12.7. The first-order chi connectivity index (χ1) is 16.9. The number of allylic oxidation sites excluding steroid dienone is 4. The summed E-state index contributed by atoms with van der Waals surface area (Å²) in [4.78, 5) is 0. The molecule has 36 heavy (non-hydrogen) atoms. The SMILES string of the molecule is CC(C)(C)c1ccc(I(C2=C(C#N)C(C#N)=C(C#N)C2(C#N)C#N)c2ccc(C(C)(C)C)cc2)cc1. The Morgan fingerprint density at radius 3 is 1.25 bits per heavy atom. The van der Waals surface area contributed by atoms with Gasteiger partial charge in [-0.15, -0.1) is 0 Å². The second-order valence-corrected chi connectivity index (χ2v) is 15.7. The molecule has 178 valence electrons. The fraction of sp³-hybridized carbons (Fsp3) is 0.300. The average Bonchev–Trinajstić information content (AvgIpc) is 3.12. The van der Waals surface area contributed by atoms with Gasteiger partial charge in [-0.05, 0) is 0 Å². The molecule has 2 aromatic carbocycles. The molecule has 0 atom stereocenters. The molecule has 0 aromatic heterocycles. The second kappa shape index (κ2) is 9.63. The van der Waals surface area contributed by atoms with Crippen LogP contribution < -0.4 is 0 Å². The van der Waals surface area contributed by atoms with Crippen LogP contribution in [0.3, 0.4) is 0 Å². The van der Waals surface area contributed by atoms with Crippen LogP contribution in [-0.4, -0.2) is 0 Å². The minimum absolute atomic E-state index is 0.0119. The summed E-state index contributed by atoms with van der Waals surface area (Å²) in [7, 11) is 0. The van der Waals surface area contributed by atoms with Gasteiger partial charge in [0.25, 0.3) is 0 Å². The van der Waals surface area contributed by atoms with E-state index in [1.807, 2.05) is 72.8 Å². The summed E-state index contributed by atoms with van der Waals surface area (Å²) in [5.74, 6) is 0. The molecule has 0 radical (unpaired) electrons.